The Balaban J connectivity index is 2.04. The third-order valence-corrected chi connectivity index (χ3v) is 5.63. The molecule has 2 rings (SSSR count). The van der Waals surface area contributed by atoms with E-state index >= 15 is 0 Å². The molecule has 2 aliphatic rings. The van der Waals surface area contributed by atoms with Crippen LogP contribution < -0.4 is 0 Å². The van der Waals surface area contributed by atoms with Crippen LogP contribution in [0.4, 0.5) is 0 Å². The zero-order chi connectivity index (χ0) is 15.3. The molecule has 0 aromatic rings. The minimum absolute atomic E-state index is 0.00139. The summed E-state index contributed by atoms with van der Waals surface area (Å²) < 4.78 is 17.6. The van der Waals surface area contributed by atoms with Crippen LogP contribution in [0.1, 0.15) is 58.8 Å². The highest BCUT2D eigenvalue weighted by molar-refractivity contribution is 4.93. The second-order valence-corrected chi connectivity index (χ2v) is 7.73. The molecule has 2 fully saturated rings. The molecule has 0 aromatic carbocycles. The summed E-state index contributed by atoms with van der Waals surface area (Å²) in [4.78, 5) is 0. The van der Waals surface area contributed by atoms with E-state index in [2.05, 4.69) is 13.8 Å². The third-order valence-electron chi connectivity index (χ3n) is 5.63. The van der Waals surface area contributed by atoms with E-state index in [-0.39, 0.29) is 11.0 Å². The lowest BCUT2D eigenvalue weighted by molar-refractivity contribution is -0.136. The van der Waals surface area contributed by atoms with Crippen molar-refractivity contribution >= 4 is 0 Å². The molecule has 21 heavy (non-hydrogen) atoms. The van der Waals surface area contributed by atoms with Crippen LogP contribution in [0, 0.1) is 17.3 Å². The van der Waals surface area contributed by atoms with E-state index in [0.717, 1.165) is 25.7 Å². The Morgan fingerprint density at radius 3 is 1.81 bits per heavy atom. The number of hydrogen-bond acceptors (Lipinski definition) is 3. The van der Waals surface area contributed by atoms with Gasteiger partial charge in [0.15, 0.2) is 0 Å². The highest BCUT2D eigenvalue weighted by atomic mass is 16.5. The van der Waals surface area contributed by atoms with Gasteiger partial charge in [0.05, 0.1) is 25.4 Å². The predicted octanol–water partition coefficient (Wildman–Crippen LogP) is 4.05. The molecule has 0 heterocycles. The molecule has 0 N–H and O–H groups in total. The molecule has 0 aromatic heterocycles. The van der Waals surface area contributed by atoms with Crippen molar-refractivity contribution < 1.29 is 14.2 Å². The lowest BCUT2D eigenvalue weighted by atomic mass is 9.69. The average Bonchev–Trinajstić information content (AvgIpc) is 3.31. The largest absolute Gasteiger partial charge is 0.384 e. The lowest BCUT2D eigenvalue weighted by Crippen LogP contribution is -2.46. The van der Waals surface area contributed by atoms with Crippen molar-refractivity contribution in [2.24, 2.45) is 17.3 Å². The number of ether oxygens (including phenoxy) is 3. The number of methoxy groups -OCH3 is 2. The van der Waals surface area contributed by atoms with Gasteiger partial charge in [-0.05, 0) is 51.4 Å². The Bertz CT molecular complexity index is 298. The van der Waals surface area contributed by atoms with E-state index in [1.807, 2.05) is 0 Å². The van der Waals surface area contributed by atoms with Gasteiger partial charge in [-0.15, -0.1) is 0 Å². The molecule has 0 bridgehead atoms. The van der Waals surface area contributed by atoms with Crippen LogP contribution in [0.25, 0.3) is 0 Å². The molecule has 124 valence electrons. The van der Waals surface area contributed by atoms with E-state index in [4.69, 9.17) is 14.2 Å². The summed E-state index contributed by atoms with van der Waals surface area (Å²) in [6.45, 7) is 6.74. The third kappa shape index (κ3) is 4.43. The second-order valence-electron chi connectivity index (χ2n) is 7.73. The predicted molar refractivity (Wildman–Crippen MR) is 85.5 cm³/mol. The standard InChI is InChI=1S/C18H34O3/c1-17(2,15-10-11-15)21-14-18(12-19-3,13-20-4)16-8-6-5-7-9-16/h15-16H,5-14H2,1-4H3. The van der Waals surface area contributed by atoms with Crippen LogP contribution in [0.2, 0.25) is 0 Å². The van der Waals surface area contributed by atoms with Gasteiger partial charge in [0, 0.05) is 19.6 Å². The summed E-state index contributed by atoms with van der Waals surface area (Å²) in [5, 5.41) is 0. The van der Waals surface area contributed by atoms with Crippen LogP contribution in [0.5, 0.6) is 0 Å². The van der Waals surface area contributed by atoms with E-state index < -0.39 is 0 Å². The first-order valence-corrected chi connectivity index (χ1v) is 8.66. The molecular formula is C18H34O3. The molecular weight excluding hydrogens is 264 g/mol. The van der Waals surface area contributed by atoms with Crippen molar-refractivity contribution in [3.8, 4) is 0 Å². The van der Waals surface area contributed by atoms with E-state index in [0.29, 0.717) is 5.92 Å². The maximum Gasteiger partial charge on any atom is 0.0654 e. The SMILES string of the molecule is COCC(COC)(COC(C)(C)C1CC1)C1CCCCC1. The van der Waals surface area contributed by atoms with Crippen LogP contribution in [0.3, 0.4) is 0 Å². The molecule has 0 amide bonds. The molecule has 3 heteroatoms. The zero-order valence-corrected chi connectivity index (χ0v) is 14.5. The van der Waals surface area contributed by atoms with E-state index in [1.165, 1.54) is 44.9 Å². The topological polar surface area (TPSA) is 27.7 Å². The van der Waals surface area contributed by atoms with Gasteiger partial charge in [0.2, 0.25) is 0 Å². The molecule has 0 saturated heterocycles. The lowest BCUT2D eigenvalue weighted by Gasteiger charge is -2.43. The number of rotatable bonds is 9. The van der Waals surface area contributed by atoms with E-state index in [1.54, 1.807) is 14.2 Å². The van der Waals surface area contributed by atoms with Gasteiger partial charge in [-0.25, -0.2) is 0 Å². The summed E-state index contributed by atoms with van der Waals surface area (Å²) in [5.41, 5.74) is 0.0253. The highest BCUT2D eigenvalue weighted by Gasteiger charge is 2.44. The maximum atomic E-state index is 6.42. The van der Waals surface area contributed by atoms with Crippen molar-refractivity contribution in [2.45, 2.75) is 64.4 Å². The minimum Gasteiger partial charge on any atom is -0.384 e. The van der Waals surface area contributed by atoms with E-state index in [9.17, 15) is 0 Å². The Kier molecular flexibility index (Phi) is 6.10. The first-order chi connectivity index (χ1) is 10.0. The zero-order valence-electron chi connectivity index (χ0n) is 14.5. The molecule has 0 atom stereocenters. The van der Waals surface area contributed by atoms with Crippen molar-refractivity contribution in [1.82, 2.24) is 0 Å². The minimum atomic E-state index is 0.00139. The monoisotopic (exact) mass is 298 g/mol. The van der Waals surface area contributed by atoms with Crippen LogP contribution in [-0.4, -0.2) is 39.6 Å². The van der Waals surface area contributed by atoms with Crippen molar-refractivity contribution in [3.63, 3.8) is 0 Å². The fourth-order valence-electron chi connectivity index (χ4n) is 3.99. The van der Waals surface area contributed by atoms with Gasteiger partial charge < -0.3 is 14.2 Å². The number of hydrogen-bond donors (Lipinski definition) is 0. The van der Waals surface area contributed by atoms with Crippen LogP contribution in [-0.2, 0) is 14.2 Å². The first kappa shape index (κ1) is 17.2. The summed E-state index contributed by atoms with van der Waals surface area (Å²) in [5.74, 6) is 1.41. The first-order valence-electron chi connectivity index (χ1n) is 8.66. The van der Waals surface area contributed by atoms with Crippen molar-refractivity contribution in [1.29, 1.82) is 0 Å². The molecule has 3 nitrogen and oxygen atoms in total. The van der Waals surface area contributed by atoms with Gasteiger partial charge in [0.25, 0.3) is 0 Å². The summed E-state index contributed by atoms with van der Waals surface area (Å²) in [6.07, 6.45) is 9.27. The average molecular weight is 298 g/mol. The summed E-state index contributed by atoms with van der Waals surface area (Å²) in [7, 11) is 3.61. The fourth-order valence-corrected chi connectivity index (χ4v) is 3.99. The Morgan fingerprint density at radius 2 is 1.33 bits per heavy atom. The molecule has 0 radical (unpaired) electrons. The molecule has 0 aliphatic heterocycles. The Morgan fingerprint density at radius 1 is 0.762 bits per heavy atom. The second kappa shape index (κ2) is 7.43. The normalized spacial score (nSPS) is 21.7. The van der Waals surface area contributed by atoms with Gasteiger partial charge in [0.1, 0.15) is 0 Å². The van der Waals surface area contributed by atoms with Gasteiger partial charge in [-0.2, -0.15) is 0 Å². The van der Waals surface area contributed by atoms with Gasteiger partial charge in [-0.3, -0.25) is 0 Å². The molecule has 2 aliphatic carbocycles. The van der Waals surface area contributed by atoms with Crippen molar-refractivity contribution in [3.05, 3.63) is 0 Å². The summed E-state index contributed by atoms with van der Waals surface area (Å²) in [6, 6.07) is 0. The van der Waals surface area contributed by atoms with Crippen LogP contribution >= 0.6 is 0 Å². The highest BCUT2D eigenvalue weighted by Crippen LogP contribution is 2.45. The Labute approximate surface area is 130 Å². The molecule has 0 spiro atoms. The Hall–Kier alpha value is -0.120. The molecule has 2 saturated carbocycles. The van der Waals surface area contributed by atoms with Gasteiger partial charge >= 0.3 is 0 Å². The molecule has 0 unspecified atom stereocenters. The quantitative estimate of drug-likeness (QED) is 0.642. The van der Waals surface area contributed by atoms with Crippen molar-refractivity contribution in [2.75, 3.05) is 34.0 Å². The maximum absolute atomic E-state index is 6.42. The summed E-state index contributed by atoms with van der Waals surface area (Å²) >= 11 is 0. The fraction of sp³-hybridized carbons (Fsp3) is 1.00. The van der Waals surface area contributed by atoms with Crippen LogP contribution in [0.15, 0.2) is 0 Å². The smallest absolute Gasteiger partial charge is 0.0654 e. The van der Waals surface area contributed by atoms with Gasteiger partial charge in [-0.1, -0.05) is 19.3 Å².